The SMILES string of the molecule is CNC(=O)[C@H](C)c1c(C)n(C(=O)c2ccc(F)c(F)c2)c2ccc(O)cc12. The van der Waals surface area contributed by atoms with Crippen LogP contribution in [0.5, 0.6) is 5.75 Å². The van der Waals surface area contributed by atoms with E-state index >= 15 is 0 Å². The average Bonchev–Trinajstić information content (AvgIpc) is 2.93. The highest BCUT2D eigenvalue weighted by Gasteiger charge is 2.26. The maximum Gasteiger partial charge on any atom is 0.262 e. The van der Waals surface area contributed by atoms with Crippen molar-refractivity contribution in [2.45, 2.75) is 19.8 Å². The number of aromatic nitrogens is 1. The Balaban J connectivity index is 2.27. The average molecular weight is 372 g/mol. The molecule has 1 aromatic heterocycles. The molecule has 3 rings (SSSR count). The minimum atomic E-state index is -1.12. The molecule has 0 spiro atoms. The minimum absolute atomic E-state index is 0.00900. The van der Waals surface area contributed by atoms with Crippen molar-refractivity contribution in [1.29, 1.82) is 0 Å². The molecule has 0 aliphatic rings. The number of nitrogens with one attached hydrogen (secondary N) is 1. The summed E-state index contributed by atoms with van der Waals surface area (Å²) in [4.78, 5) is 25.2. The fourth-order valence-corrected chi connectivity index (χ4v) is 3.34. The normalized spacial score (nSPS) is 12.2. The van der Waals surface area contributed by atoms with Gasteiger partial charge in [0.15, 0.2) is 11.6 Å². The third-order valence-electron chi connectivity index (χ3n) is 4.68. The summed E-state index contributed by atoms with van der Waals surface area (Å²) in [5.74, 6) is -3.56. The van der Waals surface area contributed by atoms with Gasteiger partial charge in [0.25, 0.3) is 5.91 Å². The number of nitrogens with zero attached hydrogens (tertiary/aromatic N) is 1. The summed E-state index contributed by atoms with van der Waals surface area (Å²) < 4.78 is 28.1. The molecule has 140 valence electrons. The van der Waals surface area contributed by atoms with Crippen molar-refractivity contribution in [3.8, 4) is 5.75 Å². The molecule has 0 saturated carbocycles. The number of phenolic OH excluding ortho intramolecular Hbond substituents is 1. The Morgan fingerprint density at radius 3 is 2.44 bits per heavy atom. The lowest BCUT2D eigenvalue weighted by Gasteiger charge is -2.12. The first-order chi connectivity index (χ1) is 12.8. The van der Waals surface area contributed by atoms with Gasteiger partial charge in [-0.3, -0.25) is 14.2 Å². The van der Waals surface area contributed by atoms with Gasteiger partial charge >= 0.3 is 0 Å². The van der Waals surface area contributed by atoms with Crippen LogP contribution in [0.25, 0.3) is 10.9 Å². The molecule has 0 saturated heterocycles. The number of likely N-dealkylation sites (N-methyl/N-ethyl adjacent to an activating group) is 1. The molecule has 0 aliphatic heterocycles. The predicted octanol–water partition coefficient (Wildman–Crippen LogP) is 3.47. The second-order valence-electron chi connectivity index (χ2n) is 6.31. The summed E-state index contributed by atoms with van der Waals surface area (Å²) in [6.45, 7) is 3.36. The molecule has 1 atom stereocenters. The van der Waals surface area contributed by atoms with Crippen LogP contribution in [-0.4, -0.2) is 28.5 Å². The van der Waals surface area contributed by atoms with E-state index in [9.17, 15) is 23.5 Å². The van der Waals surface area contributed by atoms with Crippen LogP contribution in [0.15, 0.2) is 36.4 Å². The monoisotopic (exact) mass is 372 g/mol. The molecule has 0 aliphatic carbocycles. The fourth-order valence-electron chi connectivity index (χ4n) is 3.34. The van der Waals surface area contributed by atoms with Crippen molar-refractivity contribution in [1.82, 2.24) is 9.88 Å². The number of amides is 1. The Morgan fingerprint density at radius 1 is 1.11 bits per heavy atom. The van der Waals surface area contributed by atoms with Crippen LogP contribution in [0.3, 0.4) is 0 Å². The Morgan fingerprint density at radius 2 is 1.81 bits per heavy atom. The standard InChI is InChI=1S/C20H18F2N2O3/c1-10(19(26)23-3)18-11(2)24(17-7-5-13(25)9-14(17)18)20(27)12-4-6-15(21)16(22)8-12/h4-10,25H,1-3H3,(H,23,26)/t10-/m1/s1. The van der Waals surface area contributed by atoms with Crippen LogP contribution in [0.4, 0.5) is 8.78 Å². The van der Waals surface area contributed by atoms with E-state index in [-0.39, 0.29) is 17.2 Å². The van der Waals surface area contributed by atoms with Gasteiger partial charge in [-0.2, -0.15) is 0 Å². The summed E-state index contributed by atoms with van der Waals surface area (Å²) in [7, 11) is 1.51. The number of rotatable bonds is 3. The number of benzene rings is 2. The van der Waals surface area contributed by atoms with Crippen molar-refractivity contribution < 1.29 is 23.5 Å². The van der Waals surface area contributed by atoms with E-state index in [1.165, 1.54) is 29.8 Å². The maximum absolute atomic E-state index is 13.6. The molecule has 3 aromatic rings. The van der Waals surface area contributed by atoms with E-state index in [1.54, 1.807) is 19.9 Å². The number of hydrogen-bond acceptors (Lipinski definition) is 3. The van der Waals surface area contributed by atoms with Crippen molar-refractivity contribution in [3.05, 3.63) is 64.9 Å². The summed E-state index contributed by atoms with van der Waals surface area (Å²) >= 11 is 0. The molecule has 7 heteroatoms. The van der Waals surface area contributed by atoms with Crippen molar-refractivity contribution in [3.63, 3.8) is 0 Å². The van der Waals surface area contributed by atoms with Gasteiger partial charge in [-0.15, -0.1) is 0 Å². The van der Waals surface area contributed by atoms with Crippen LogP contribution in [0, 0.1) is 18.6 Å². The van der Waals surface area contributed by atoms with Crippen LogP contribution < -0.4 is 5.32 Å². The highest BCUT2D eigenvalue weighted by molar-refractivity contribution is 6.05. The van der Waals surface area contributed by atoms with Crippen molar-refractivity contribution in [2.75, 3.05) is 7.05 Å². The molecule has 0 fully saturated rings. The second-order valence-corrected chi connectivity index (χ2v) is 6.31. The zero-order chi connectivity index (χ0) is 19.9. The van der Waals surface area contributed by atoms with Gasteiger partial charge in [-0.05, 0) is 55.8 Å². The predicted molar refractivity (Wildman–Crippen MR) is 96.9 cm³/mol. The van der Waals surface area contributed by atoms with E-state index in [1.807, 2.05) is 0 Å². The van der Waals surface area contributed by atoms with Gasteiger partial charge in [0.05, 0.1) is 11.4 Å². The molecule has 5 nitrogen and oxygen atoms in total. The molecule has 2 aromatic carbocycles. The van der Waals surface area contributed by atoms with Crippen molar-refractivity contribution in [2.24, 2.45) is 0 Å². The Kier molecular flexibility index (Phi) is 4.70. The van der Waals surface area contributed by atoms with Gasteiger partial charge in [0.1, 0.15) is 5.75 Å². The van der Waals surface area contributed by atoms with E-state index in [0.29, 0.717) is 22.2 Å². The Bertz CT molecular complexity index is 1070. The first-order valence-electron chi connectivity index (χ1n) is 8.31. The van der Waals surface area contributed by atoms with E-state index < -0.39 is 23.5 Å². The first-order valence-corrected chi connectivity index (χ1v) is 8.31. The van der Waals surface area contributed by atoms with Gasteiger partial charge in [0.2, 0.25) is 5.91 Å². The number of carbonyl (C=O) groups excluding carboxylic acids is 2. The third-order valence-corrected chi connectivity index (χ3v) is 4.68. The molecular weight excluding hydrogens is 354 g/mol. The quantitative estimate of drug-likeness (QED) is 0.740. The minimum Gasteiger partial charge on any atom is -0.508 e. The van der Waals surface area contributed by atoms with E-state index in [4.69, 9.17) is 0 Å². The number of carbonyl (C=O) groups is 2. The maximum atomic E-state index is 13.6. The number of phenols is 1. The fraction of sp³-hybridized carbons (Fsp3) is 0.200. The van der Waals surface area contributed by atoms with Gasteiger partial charge in [0, 0.05) is 23.7 Å². The van der Waals surface area contributed by atoms with Crippen LogP contribution in [-0.2, 0) is 4.79 Å². The molecule has 0 radical (unpaired) electrons. The van der Waals surface area contributed by atoms with Gasteiger partial charge in [-0.25, -0.2) is 8.78 Å². The van der Waals surface area contributed by atoms with E-state index in [0.717, 1.165) is 12.1 Å². The molecule has 0 bridgehead atoms. The first kappa shape index (κ1) is 18.6. The number of halogens is 2. The van der Waals surface area contributed by atoms with Crippen LogP contribution in [0.1, 0.15) is 34.5 Å². The highest BCUT2D eigenvalue weighted by Crippen LogP contribution is 2.34. The smallest absolute Gasteiger partial charge is 0.262 e. The number of fused-ring (bicyclic) bond motifs is 1. The third kappa shape index (κ3) is 3.05. The summed E-state index contributed by atoms with van der Waals surface area (Å²) in [5, 5.41) is 13.0. The van der Waals surface area contributed by atoms with Crippen LogP contribution in [0.2, 0.25) is 0 Å². The topological polar surface area (TPSA) is 71.3 Å². The second kappa shape index (κ2) is 6.83. The lowest BCUT2D eigenvalue weighted by atomic mass is 9.97. The molecule has 1 heterocycles. The lowest BCUT2D eigenvalue weighted by molar-refractivity contribution is -0.121. The number of hydrogen-bond donors (Lipinski definition) is 2. The van der Waals surface area contributed by atoms with Crippen molar-refractivity contribution >= 4 is 22.7 Å². The Hall–Kier alpha value is -3.22. The molecule has 27 heavy (non-hydrogen) atoms. The van der Waals surface area contributed by atoms with Gasteiger partial charge < -0.3 is 10.4 Å². The lowest BCUT2D eigenvalue weighted by Crippen LogP contribution is -2.24. The highest BCUT2D eigenvalue weighted by atomic mass is 19.2. The summed E-state index contributed by atoms with van der Waals surface area (Å²) in [6, 6.07) is 7.38. The molecule has 0 unspecified atom stereocenters. The zero-order valence-electron chi connectivity index (χ0n) is 15.0. The zero-order valence-corrected chi connectivity index (χ0v) is 15.0. The Labute approximate surface area is 154 Å². The summed E-state index contributed by atoms with van der Waals surface area (Å²) in [6.07, 6.45) is 0. The molecular formula is C20H18F2N2O3. The summed E-state index contributed by atoms with van der Waals surface area (Å²) in [5.41, 5.74) is 1.50. The van der Waals surface area contributed by atoms with Crippen LogP contribution >= 0.6 is 0 Å². The van der Waals surface area contributed by atoms with E-state index in [2.05, 4.69) is 5.32 Å². The largest absolute Gasteiger partial charge is 0.508 e. The molecule has 1 amide bonds. The van der Waals surface area contributed by atoms with Gasteiger partial charge in [-0.1, -0.05) is 0 Å². The molecule has 2 N–H and O–H groups in total. The number of aromatic hydroxyl groups is 1.